The van der Waals surface area contributed by atoms with Crippen molar-refractivity contribution in [2.75, 3.05) is 13.2 Å². The molecule has 0 spiro atoms. The zero-order valence-corrected chi connectivity index (χ0v) is 6.00. The topological polar surface area (TPSA) is 35.5 Å². The summed E-state index contributed by atoms with van der Waals surface area (Å²) in [4.78, 5) is 10.4. The molecule has 3 nitrogen and oxygen atoms in total. The van der Waals surface area contributed by atoms with Crippen LogP contribution >= 0.6 is 0 Å². The molecule has 0 fully saturated rings. The third-order valence-corrected chi connectivity index (χ3v) is 0.687. The Kier molecular flexibility index (Phi) is 5.53. The predicted octanol–water partition coefficient (Wildman–Crippen LogP) is 1.55. The van der Waals surface area contributed by atoms with Gasteiger partial charge in [0.1, 0.15) is 6.61 Å². The number of rotatable bonds is 4. The quantitative estimate of drug-likeness (QED) is 0.442. The Morgan fingerprint density at radius 3 is 2.60 bits per heavy atom. The molecule has 3 heteroatoms. The highest BCUT2D eigenvalue weighted by atomic mass is 16.7. The fourth-order valence-corrected chi connectivity index (χ4v) is 0.320. The van der Waals surface area contributed by atoms with Crippen LogP contribution in [0.5, 0.6) is 0 Å². The largest absolute Gasteiger partial charge is 0.508 e. The van der Waals surface area contributed by atoms with E-state index >= 15 is 0 Å². The standard InChI is InChI=1S/C7H11O3/c1-3-5-9-7(8)10-6-4-2/h3-4H,1,5-6H2,2H3. The van der Waals surface area contributed by atoms with Crippen LogP contribution in [0, 0.1) is 6.42 Å². The fraction of sp³-hybridized carbons (Fsp3) is 0.429. The van der Waals surface area contributed by atoms with Crippen molar-refractivity contribution >= 4 is 6.16 Å². The summed E-state index contributed by atoms with van der Waals surface area (Å²) in [5.41, 5.74) is 0. The molecule has 0 saturated carbocycles. The third-order valence-electron chi connectivity index (χ3n) is 0.687. The van der Waals surface area contributed by atoms with Crippen molar-refractivity contribution in [3.63, 3.8) is 0 Å². The summed E-state index contributed by atoms with van der Waals surface area (Å²) in [6, 6.07) is 0. The molecule has 0 N–H and O–H groups in total. The van der Waals surface area contributed by atoms with Gasteiger partial charge < -0.3 is 9.47 Å². The van der Waals surface area contributed by atoms with Gasteiger partial charge in [-0.2, -0.15) is 0 Å². The molecule has 0 aliphatic heterocycles. The van der Waals surface area contributed by atoms with Gasteiger partial charge in [-0.05, 0) is 6.42 Å². The van der Waals surface area contributed by atoms with Crippen LogP contribution in [0.2, 0.25) is 0 Å². The second-order valence-electron chi connectivity index (χ2n) is 1.57. The maximum atomic E-state index is 10.4. The number of hydrogen-bond donors (Lipinski definition) is 0. The molecular weight excluding hydrogens is 132 g/mol. The number of carbonyl (C=O) groups is 1. The first-order valence-corrected chi connectivity index (χ1v) is 2.99. The van der Waals surface area contributed by atoms with Crippen LogP contribution in [0.25, 0.3) is 0 Å². The van der Waals surface area contributed by atoms with E-state index in [-0.39, 0.29) is 13.2 Å². The van der Waals surface area contributed by atoms with Gasteiger partial charge in [-0.1, -0.05) is 19.6 Å². The van der Waals surface area contributed by atoms with Gasteiger partial charge in [0, 0.05) is 0 Å². The van der Waals surface area contributed by atoms with Crippen LogP contribution in [0.4, 0.5) is 4.79 Å². The van der Waals surface area contributed by atoms with Crippen LogP contribution in [-0.4, -0.2) is 19.4 Å². The molecule has 0 aliphatic carbocycles. The smallest absolute Gasteiger partial charge is 0.434 e. The zero-order chi connectivity index (χ0) is 7.82. The Morgan fingerprint density at radius 1 is 1.50 bits per heavy atom. The SMILES string of the molecule is C=CCOC(=O)OC[CH]C. The van der Waals surface area contributed by atoms with Gasteiger partial charge in [-0.15, -0.1) is 0 Å². The lowest BCUT2D eigenvalue weighted by Crippen LogP contribution is -2.07. The lowest BCUT2D eigenvalue weighted by Gasteiger charge is -2.00. The first-order valence-electron chi connectivity index (χ1n) is 2.99. The van der Waals surface area contributed by atoms with Crippen LogP contribution in [0.15, 0.2) is 12.7 Å². The molecule has 0 heterocycles. The third kappa shape index (κ3) is 5.15. The monoisotopic (exact) mass is 143 g/mol. The summed E-state index contributed by atoms with van der Waals surface area (Å²) in [7, 11) is 0. The summed E-state index contributed by atoms with van der Waals surface area (Å²) >= 11 is 0. The maximum Gasteiger partial charge on any atom is 0.508 e. The van der Waals surface area contributed by atoms with Crippen molar-refractivity contribution in [2.24, 2.45) is 0 Å². The average molecular weight is 143 g/mol. The van der Waals surface area contributed by atoms with Gasteiger partial charge in [0.15, 0.2) is 0 Å². The normalized spacial score (nSPS) is 8.50. The van der Waals surface area contributed by atoms with Crippen molar-refractivity contribution in [1.82, 2.24) is 0 Å². The molecule has 0 rings (SSSR count). The highest BCUT2D eigenvalue weighted by molar-refractivity contribution is 5.59. The zero-order valence-electron chi connectivity index (χ0n) is 6.00. The van der Waals surface area contributed by atoms with Crippen molar-refractivity contribution in [3.05, 3.63) is 19.1 Å². The van der Waals surface area contributed by atoms with Gasteiger partial charge in [0.25, 0.3) is 0 Å². The molecule has 1 radical (unpaired) electrons. The summed E-state index contributed by atoms with van der Waals surface area (Å²) in [5.74, 6) is 0. The predicted molar refractivity (Wildman–Crippen MR) is 37.5 cm³/mol. The van der Waals surface area contributed by atoms with Gasteiger partial charge in [-0.25, -0.2) is 4.79 Å². The van der Waals surface area contributed by atoms with Crippen LogP contribution in [0.3, 0.4) is 0 Å². The summed E-state index contributed by atoms with van der Waals surface area (Å²) < 4.78 is 9.02. The van der Waals surface area contributed by atoms with E-state index in [1.165, 1.54) is 6.08 Å². The number of hydrogen-bond acceptors (Lipinski definition) is 3. The first-order chi connectivity index (χ1) is 4.81. The van der Waals surface area contributed by atoms with Crippen molar-refractivity contribution in [3.8, 4) is 0 Å². The Hall–Kier alpha value is -0.990. The molecule has 10 heavy (non-hydrogen) atoms. The van der Waals surface area contributed by atoms with Gasteiger partial charge in [0.05, 0.1) is 6.61 Å². The lowest BCUT2D eigenvalue weighted by atomic mass is 10.5. The van der Waals surface area contributed by atoms with Crippen molar-refractivity contribution in [2.45, 2.75) is 6.92 Å². The summed E-state index contributed by atoms with van der Waals surface area (Å²) in [6.45, 7) is 5.65. The van der Waals surface area contributed by atoms with E-state index in [0.717, 1.165) is 0 Å². The fourth-order valence-electron chi connectivity index (χ4n) is 0.320. The van der Waals surface area contributed by atoms with Crippen LogP contribution in [-0.2, 0) is 9.47 Å². The Balaban J connectivity index is 3.16. The molecule has 0 aliphatic rings. The molecule has 0 unspecified atom stereocenters. The maximum absolute atomic E-state index is 10.4. The number of ether oxygens (including phenoxy) is 2. The molecule has 0 bridgehead atoms. The van der Waals surface area contributed by atoms with E-state index < -0.39 is 6.16 Å². The Morgan fingerprint density at radius 2 is 2.10 bits per heavy atom. The van der Waals surface area contributed by atoms with Crippen molar-refractivity contribution in [1.29, 1.82) is 0 Å². The van der Waals surface area contributed by atoms with Gasteiger partial charge in [0.2, 0.25) is 0 Å². The van der Waals surface area contributed by atoms with E-state index in [4.69, 9.17) is 0 Å². The molecule has 0 aromatic heterocycles. The van der Waals surface area contributed by atoms with Gasteiger partial charge >= 0.3 is 6.16 Å². The minimum Gasteiger partial charge on any atom is -0.434 e. The summed E-state index contributed by atoms with van der Waals surface area (Å²) in [5, 5.41) is 0. The minimum absolute atomic E-state index is 0.197. The molecule has 57 valence electrons. The Labute approximate surface area is 60.6 Å². The molecule has 0 aromatic rings. The molecular formula is C7H11O3. The van der Waals surface area contributed by atoms with E-state index in [0.29, 0.717) is 0 Å². The minimum atomic E-state index is -0.655. The van der Waals surface area contributed by atoms with Gasteiger partial charge in [-0.3, -0.25) is 0 Å². The van der Waals surface area contributed by atoms with Crippen LogP contribution < -0.4 is 0 Å². The molecule has 0 amide bonds. The van der Waals surface area contributed by atoms with Crippen LogP contribution in [0.1, 0.15) is 6.92 Å². The number of carbonyl (C=O) groups excluding carboxylic acids is 1. The first kappa shape index (κ1) is 9.01. The second-order valence-corrected chi connectivity index (χ2v) is 1.57. The molecule has 0 atom stereocenters. The second kappa shape index (κ2) is 6.13. The molecule has 0 aromatic carbocycles. The average Bonchev–Trinajstić information content (AvgIpc) is 1.97. The van der Waals surface area contributed by atoms with Crippen molar-refractivity contribution < 1.29 is 14.3 Å². The van der Waals surface area contributed by atoms with E-state index in [1.54, 1.807) is 13.3 Å². The van der Waals surface area contributed by atoms with E-state index in [9.17, 15) is 4.79 Å². The highest BCUT2D eigenvalue weighted by Crippen LogP contribution is 1.86. The Bertz CT molecular complexity index is 109. The van der Waals surface area contributed by atoms with E-state index in [2.05, 4.69) is 16.1 Å². The lowest BCUT2D eigenvalue weighted by molar-refractivity contribution is 0.0694. The highest BCUT2D eigenvalue weighted by Gasteiger charge is 1.98. The van der Waals surface area contributed by atoms with E-state index in [1.807, 2.05) is 0 Å². The molecule has 0 saturated heterocycles. The summed E-state index contributed by atoms with van der Waals surface area (Å²) in [6.07, 6.45) is 2.55.